The van der Waals surface area contributed by atoms with Crippen LogP contribution in [0, 0.1) is 5.41 Å². The Morgan fingerprint density at radius 2 is 1.80 bits per heavy atom. The highest BCUT2D eigenvalue weighted by Crippen LogP contribution is 2.44. The van der Waals surface area contributed by atoms with E-state index in [1.165, 1.54) is 0 Å². The van der Waals surface area contributed by atoms with E-state index < -0.39 is 5.97 Å². The quantitative estimate of drug-likeness (QED) is 0.574. The molecule has 4 heteroatoms. The number of aliphatic carboxylic acids is 1. The van der Waals surface area contributed by atoms with E-state index in [9.17, 15) is 4.79 Å². The van der Waals surface area contributed by atoms with Crippen molar-refractivity contribution in [2.75, 3.05) is 0 Å². The number of hydrogen-bond acceptors (Lipinski definition) is 3. The second kappa shape index (κ2) is 3.13. The predicted molar refractivity (Wildman–Crippen MR) is 30.0 cm³/mol. The molecular weight excluding hydrogens is 136 g/mol. The molecule has 0 atom stereocenters. The average molecular weight is 144 g/mol. The molecule has 0 aromatic carbocycles. The molecule has 10 heavy (non-hydrogen) atoms. The van der Waals surface area contributed by atoms with Gasteiger partial charge in [0.1, 0.15) is 0 Å². The van der Waals surface area contributed by atoms with Crippen LogP contribution in [0.2, 0.25) is 0 Å². The Hall–Kier alpha value is -1.15. The molecule has 0 aromatic rings. The zero-order valence-electron chi connectivity index (χ0n) is 5.59. The summed E-state index contributed by atoms with van der Waals surface area (Å²) < 4.78 is 0. The van der Waals surface area contributed by atoms with Crippen LogP contribution in [0.15, 0.2) is 0 Å². The topological polar surface area (TPSA) is 71.4 Å². The van der Waals surface area contributed by atoms with E-state index in [4.69, 9.17) is 14.7 Å². The second-order valence-electron chi connectivity index (χ2n) is 2.45. The lowest BCUT2D eigenvalue weighted by Gasteiger charge is -1.94. The summed E-state index contributed by atoms with van der Waals surface area (Å²) in [6, 6.07) is 0. The minimum absolute atomic E-state index is 0.250. The lowest BCUT2D eigenvalue weighted by molar-refractivity contribution is -0.191. The normalized spacial score (nSPS) is 17.7. The Balaban J connectivity index is 0.000000236. The van der Waals surface area contributed by atoms with Gasteiger partial charge in [0.15, 0.2) is 0 Å². The van der Waals surface area contributed by atoms with Gasteiger partial charge in [0, 0.05) is 0 Å². The molecule has 0 amide bonds. The Kier molecular flexibility index (Phi) is 2.77. The summed E-state index contributed by atoms with van der Waals surface area (Å²) in [6.07, 6.45) is 1.98. The van der Waals surface area contributed by atoms with Crippen LogP contribution in [0.3, 0.4) is 0 Å². The molecular formula is C6H8O4. The average Bonchev–Trinajstić information content (AvgIpc) is 2.51. The molecule has 0 spiro atoms. The van der Waals surface area contributed by atoms with E-state index in [1.54, 1.807) is 6.92 Å². The molecule has 1 N–H and O–H groups in total. The van der Waals surface area contributed by atoms with Crippen LogP contribution in [0.25, 0.3) is 0 Å². The van der Waals surface area contributed by atoms with E-state index in [0.717, 1.165) is 12.8 Å². The first kappa shape index (κ1) is 8.85. The number of carbonyl (C=O) groups is 1. The van der Waals surface area contributed by atoms with Gasteiger partial charge in [-0.3, -0.25) is 4.79 Å². The number of carboxylic acid groups (broad SMARTS) is 1. The fraction of sp³-hybridized carbons (Fsp3) is 0.667. The predicted octanol–water partition coefficient (Wildman–Crippen LogP) is 0.288. The van der Waals surface area contributed by atoms with Crippen molar-refractivity contribution in [2.45, 2.75) is 19.8 Å². The molecule has 4 nitrogen and oxygen atoms in total. The highest BCUT2D eigenvalue weighted by atomic mass is 16.4. The zero-order chi connectivity index (χ0) is 8.20. The molecule has 1 saturated carbocycles. The molecule has 56 valence electrons. The van der Waals surface area contributed by atoms with Crippen LogP contribution in [-0.2, 0) is 14.4 Å². The van der Waals surface area contributed by atoms with Crippen molar-refractivity contribution < 1.29 is 19.5 Å². The van der Waals surface area contributed by atoms with Crippen LogP contribution in [-0.4, -0.2) is 17.2 Å². The summed E-state index contributed by atoms with van der Waals surface area (Å²) in [5, 5.41) is 8.31. The first-order valence-electron chi connectivity index (χ1n) is 2.79. The molecule has 0 saturated heterocycles. The van der Waals surface area contributed by atoms with Gasteiger partial charge in [-0.25, -0.2) is 0 Å². The maximum absolute atomic E-state index is 10.1. The lowest BCUT2D eigenvalue weighted by atomic mass is 10.2. The summed E-state index contributed by atoms with van der Waals surface area (Å²) in [5.41, 5.74) is -0.333. The molecule has 1 rings (SSSR count). The number of carboxylic acids is 1. The van der Waals surface area contributed by atoms with Crippen LogP contribution >= 0.6 is 0 Å². The van der Waals surface area contributed by atoms with Gasteiger partial charge >= 0.3 is 12.1 Å². The van der Waals surface area contributed by atoms with Crippen LogP contribution in [0.1, 0.15) is 19.8 Å². The molecule has 1 aliphatic carbocycles. The molecule has 1 aliphatic rings. The molecule has 0 unspecified atom stereocenters. The second-order valence-corrected chi connectivity index (χ2v) is 2.45. The fourth-order valence-electron chi connectivity index (χ4n) is 0.401. The minimum Gasteiger partial charge on any atom is -0.481 e. The van der Waals surface area contributed by atoms with Crippen molar-refractivity contribution in [3.63, 3.8) is 0 Å². The van der Waals surface area contributed by atoms with Crippen molar-refractivity contribution in [3.05, 3.63) is 0 Å². The standard InChI is InChI=1S/C5H8O2.CO2/c1-5(2-3-5)4(6)7;2-1-3/h2-3H2,1H3,(H,6,7);. The van der Waals surface area contributed by atoms with Gasteiger partial charge in [-0.2, -0.15) is 9.59 Å². The molecule has 0 bridgehead atoms. The molecule has 0 heterocycles. The third-order valence-electron chi connectivity index (χ3n) is 1.52. The van der Waals surface area contributed by atoms with E-state index in [0.29, 0.717) is 0 Å². The fourth-order valence-corrected chi connectivity index (χ4v) is 0.401. The lowest BCUT2D eigenvalue weighted by Crippen LogP contribution is -2.08. The van der Waals surface area contributed by atoms with Crippen molar-refractivity contribution in [1.82, 2.24) is 0 Å². The van der Waals surface area contributed by atoms with Crippen LogP contribution in [0.4, 0.5) is 0 Å². The summed E-state index contributed by atoms with van der Waals surface area (Å²) in [6.45, 7) is 1.77. The number of rotatable bonds is 1. The SMILES string of the molecule is CC1(C(=O)O)CC1.O=C=O. The summed E-state index contributed by atoms with van der Waals surface area (Å²) in [7, 11) is 0. The van der Waals surface area contributed by atoms with Crippen molar-refractivity contribution in [3.8, 4) is 0 Å². The van der Waals surface area contributed by atoms with Crippen molar-refractivity contribution >= 4 is 12.1 Å². The third kappa shape index (κ3) is 2.42. The highest BCUT2D eigenvalue weighted by molar-refractivity contribution is 5.77. The van der Waals surface area contributed by atoms with E-state index >= 15 is 0 Å². The first-order valence-corrected chi connectivity index (χ1v) is 2.79. The van der Waals surface area contributed by atoms with Gasteiger partial charge in [-0.15, -0.1) is 0 Å². The van der Waals surface area contributed by atoms with Gasteiger partial charge in [-0.1, -0.05) is 0 Å². The Morgan fingerprint density at radius 1 is 1.50 bits per heavy atom. The Bertz CT molecular complexity index is 163. The zero-order valence-corrected chi connectivity index (χ0v) is 5.59. The van der Waals surface area contributed by atoms with Gasteiger partial charge in [0.25, 0.3) is 0 Å². The van der Waals surface area contributed by atoms with E-state index in [1.807, 2.05) is 0 Å². The van der Waals surface area contributed by atoms with Crippen LogP contribution < -0.4 is 0 Å². The number of carbonyl (C=O) groups excluding carboxylic acids is 2. The highest BCUT2D eigenvalue weighted by Gasteiger charge is 2.44. The van der Waals surface area contributed by atoms with Crippen molar-refractivity contribution in [2.24, 2.45) is 5.41 Å². The van der Waals surface area contributed by atoms with Crippen LogP contribution in [0.5, 0.6) is 0 Å². The third-order valence-corrected chi connectivity index (χ3v) is 1.52. The van der Waals surface area contributed by atoms with Gasteiger partial charge in [0.2, 0.25) is 0 Å². The van der Waals surface area contributed by atoms with E-state index in [-0.39, 0.29) is 11.6 Å². The maximum atomic E-state index is 10.1. The monoisotopic (exact) mass is 144 g/mol. The summed E-state index contributed by atoms with van der Waals surface area (Å²) >= 11 is 0. The minimum atomic E-state index is -0.646. The molecule has 0 aliphatic heterocycles. The molecule has 0 aromatic heterocycles. The van der Waals surface area contributed by atoms with Crippen molar-refractivity contribution in [1.29, 1.82) is 0 Å². The van der Waals surface area contributed by atoms with E-state index in [2.05, 4.69) is 0 Å². The summed E-state index contributed by atoms with van der Waals surface area (Å²) in [5.74, 6) is -0.646. The number of hydrogen-bond donors (Lipinski definition) is 1. The Labute approximate surface area is 57.8 Å². The summed E-state index contributed by atoms with van der Waals surface area (Å²) in [4.78, 5) is 26.3. The van der Waals surface area contributed by atoms with Gasteiger partial charge in [0.05, 0.1) is 5.41 Å². The Morgan fingerprint density at radius 3 is 1.80 bits per heavy atom. The van der Waals surface area contributed by atoms with Gasteiger partial charge < -0.3 is 5.11 Å². The first-order chi connectivity index (χ1) is 4.56. The largest absolute Gasteiger partial charge is 0.481 e. The maximum Gasteiger partial charge on any atom is 0.373 e. The smallest absolute Gasteiger partial charge is 0.373 e. The molecule has 1 fully saturated rings. The molecule has 0 radical (unpaired) electrons. The van der Waals surface area contributed by atoms with Gasteiger partial charge in [-0.05, 0) is 19.8 Å².